The van der Waals surface area contributed by atoms with E-state index in [-0.39, 0.29) is 12.4 Å². The van der Waals surface area contributed by atoms with Crippen LogP contribution in [-0.4, -0.2) is 30.3 Å². The van der Waals surface area contributed by atoms with Crippen molar-refractivity contribution >= 4 is 5.97 Å². The molecule has 0 aromatic rings. The molecular weight excluding hydrogens is 184 g/mol. The van der Waals surface area contributed by atoms with Crippen molar-refractivity contribution < 1.29 is 14.4 Å². The number of hydrogen-bond donors (Lipinski definition) is 2. The monoisotopic (exact) mass is 202 g/mol. The third-order valence-corrected chi connectivity index (χ3v) is 2.03. The van der Waals surface area contributed by atoms with Crippen LogP contribution in [-0.2, 0) is 14.4 Å². The summed E-state index contributed by atoms with van der Waals surface area (Å²) in [6.07, 6.45) is 0.202. The van der Waals surface area contributed by atoms with Crippen molar-refractivity contribution in [3.05, 3.63) is 0 Å². The molecule has 0 spiro atoms. The van der Waals surface area contributed by atoms with E-state index in [1.165, 1.54) is 0 Å². The first-order valence-electron chi connectivity index (χ1n) is 4.67. The van der Waals surface area contributed by atoms with E-state index >= 15 is 0 Å². The molecule has 1 fully saturated rings. The fraction of sp³-hybridized carbons (Fsp3) is 0.889. The Kier molecular flexibility index (Phi) is 3.14. The van der Waals surface area contributed by atoms with Gasteiger partial charge in [-0.25, -0.2) is 5.90 Å². The Hall–Kier alpha value is -0.650. The van der Waals surface area contributed by atoms with Crippen LogP contribution in [0.4, 0.5) is 0 Å². The van der Waals surface area contributed by atoms with E-state index < -0.39 is 11.2 Å². The largest absolute Gasteiger partial charge is 0.460 e. The Labute approximate surface area is 83.9 Å². The van der Waals surface area contributed by atoms with Gasteiger partial charge in [0, 0.05) is 13.1 Å². The maximum Gasteiger partial charge on any atom is 0.309 e. The van der Waals surface area contributed by atoms with Crippen molar-refractivity contribution in [1.82, 2.24) is 5.32 Å². The van der Waals surface area contributed by atoms with Gasteiger partial charge >= 0.3 is 5.97 Å². The smallest absolute Gasteiger partial charge is 0.309 e. The predicted octanol–water partition coefficient (Wildman–Crippen LogP) is -0.0495. The van der Waals surface area contributed by atoms with E-state index in [2.05, 4.69) is 5.32 Å². The van der Waals surface area contributed by atoms with Crippen LogP contribution in [0.15, 0.2) is 0 Å². The predicted molar refractivity (Wildman–Crippen MR) is 51.3 cm³/mol. The minimum atomic E-state index is -0.553. The van der Waals surface area contributed by atoms with Gasteiger partial charge in [0.25, 0.3) is 0 Å². The second-order valence-electron chi connectivity index (χ2n) is 4.67. The maximum absolute atomic E-state index is 11.4. The molecule has 0 bridgehead atoms. The molecule has 0 amide bonds. The molecule has 1 rings (SSSR count). The van der Waals surface area contributed by atoms with Gasteiger partial charge in [-0.2, -0.15) is 0 Å². The Morgan fingerprint density at radius 3 is 2.36 bits per heavy atom. The number of hydrogen-bond acceptors (Lipinski definition) is 5. The normalized spacial score (nSPS) is 20.0. The van der Waals surface area contributed by atoms with E-state index in [0.717, 1.165) is 0 Å². The lowest BCUT2D eigenvalue weighted by atomic mass is 9.93. The average Bonchev–Trinajstić information content (AvgIpc) is 1.93. The third-order valence-electron chi connectivity index (χ3n) is 2.03. The lowest BCUT2D eigenvalue weighted by Crippen LogP contribution is -2.63. The lowest BCUT2D eigenvalue weighted by molar-refractivity contribution is -0.167. The van der Waals surface area contributed by atoms with Crippen LogP contribution in [0, 0.1) is 0 Å². The number of rotatable bonds is 3. The van der Waals surface area contributed by atoms with E-state index in [9.17, 15) is 4.79 Å². The highest BCUT2D eigenvalue weighted by molar-refractivity contribution is 5.71. The third kappa shape index (κ3) is 2.94. The molecule has 1 aliphatic rings. The van der Waals surface area contributed by atoms with Gasteiger partial charge in [0.15, 0.2) is 0 Å². The second-order valence-corrected chi connectivity index (χ2v) is 4.67. The molecule has 0 aromatic heterocycles. The van der Waals surface area contributed by atoms with Gasteiger partial charge in [-0.05, 0) is 20.8 Å². The Bertz CT molecular complexity index is 213. The summed E-state index contributed by atoms with van der Waals surface area (Å²) in [7, 11) is 0. The number of carbonyl (C=O) groups excluding carboxylic acids is 1. The summed E-state index contributed by atoms with van der Waals surface area (Å²) < 4.78 is 5.17. The molecule has 0 aliphatic carbocycles. The second kappa shape index (κ2) is 3.84. The number of nitrogens with one attached hydrogen (secondary N) is 1. The van der Waals surface area contributed by atoms with Crippen LogP contribution < -0.4 is 11.2 Å². The van der Waals surface area contributed by atoms with Gasteiger partial charge in [0.2, 0.25) is 0 Å². The molecule has 5 nitrogen and oxygen atoms in total. The van der Waals surface area contributed by atoms with Crippen LogP contribution in [0.3, 0.4) is 0 Å². The fourth-order valence-corrected chi connectivity index (χ4v) is 1.29. The average molecular weight is 202 g/mol. The quantitative estimate of drug-likeness (QED) is 0.496. The molecule has 0 atom stereocenters. The summed E-state index contributed by atoms with van der Waals surface area (Å²) >= 11 is 0. The zero-order valence-corrected chi connectivity index (χ0v) is 8.92. The number of ether oxygens (including phenoxy) is 1. The molecule has 1 saturated heterocycles. The molecular formula is C9H18N2O3. The van der Waals surface area contributed by atoms with Gasteiger partial charge < -0.3 is 10.1 Å². The molecule has 0 radical (unpaired) electrons. The maximum atomic E-state index is 11.4. The van der Waals surface area contributed by atoms with Crippen molar-refractivity contribution in [1.29, 1.82) is 0 Å². The van der Waals surface area contributed by atoms with Crippen molar-refractivity contribution in [2.24, 2.45) is 5.90 Å². The zero-order valence-electron chi connectivity index (χ0n) is 8.92. The first-order valence-corrected chi connectivity index (χ1v) is 4.67. The number of carbonyl (C=O) groups is 1. The van der Waals surface area contributed by atoms with Crippen LogP contribution in [0.2, 0.25) is 0 Å². The Balaban J connectivity index is 2.40. The van der Waals surface area contributed by atoms with Crippen LogP contribution in [0.25, 0.3) is 0 Å². The molecule has 1 aliphatic heterocycles. The minimum Gasteiger partial charge on any atom is -0.460 e. The van der Waals surface area contributed by atoms with E-state index in [4.69, 9.17) is 15.5 Å². The summed E-state index contributed by atoms with van der Waals surface area (Å²) in [5.74, 6) is 4.86. The summed E-state index contributed by atoms with van der Waals surface area (Å²) in [6, 6.07) is 0. The molecule has 5 heteroatoms. The molecule has 1 heterocycles. The molecule has 0 saturated carbocycles. The zero-order chi connectivity index (χ0) is 10.8. The first-order chi connectivity index (χ1) is 6.37. The van der Waals surface area contributed by atoms with Gasteiger partial charge in [-0.15, -0.1) is 0 Å². The van der Waals surface area contributed by atoms with Gasteiger partial charge in [0.1, 0.15) is 11.2 Å². The van der Waals surface area contributed by atoms with Gasteiger partial charge in [0.05, 0.1) is 6.42 Å². The standard InChI is InChI=1S/C9H18N2O3/c1-8(2,3)13-7(12)4-9(14-10)5-11-6-9/h11H,4-6,10H2,1-3H3. The van der Waals surface area contributed by atoms with Crippen molar-refractivity contribution in [3.8, 4) is 0 Å². The lowest BCUT2D eigenvalue weighted by Gasteiger charge is -2.39. The van der Waals surface area contributed by atoms with Crippen LogP contribution in [0.5, 0.6) is 0 Å². The molecule has 3 N–H and O–H groups in total. The molecule has 0 unspecified atom stereocenters. The van der Waals surface area contributed by atoms with E-state index in [1.807, 2.05) is 20.8 Å². The molecule has 82 valence electrons. The molecule has 14 heavy (non-hydrogen) atoms. The SMILES string of the molecule is CC(C)(C)OC(=O)CC1(ON)CNC1. The minimum absolute atomic E-state index is 0.202. The van der Waals surface area contributed by atoms with E-state index in [0.29, 0.717) is 13.1 Å². The van der Waals surface area contributed by atoms with Crippen molar-refractivity contribution in [2.45, 2.75) is 38.4 Å². The highest BCUT2D eigenvalue weighted by Gasteiger charge is 2.41. The summed E-state index contributed by atoms with van der Waals surface area (Å²) in [4.78, 5) is 16.2. The summed E-state index contributed by atoms with van der Waals surface area (Å²) in [6.45, 7) is 6.70. The highest BCUT2D eigenvalue weighted by Crippen LogP contribution is 2.21. The van der Waals surface area contributed by atoms with Crippen LogP contribution >= 0.6 is 0 Å². The Morgan fingerprint density at radius 2 is 2.07 bits per heavy atom. The van der Waals surface area contributed by atoms with E-state index in [1.54, 1.807) is 0 Å². The Morgan fingerprint density at radius 1 is 1.50 bits per heavy atom. The summed E-state index contributed by atoms with van der Waals surface area (Å²) in [5.41, 5.74) is -1.01. The number of nitrogens with two attached hydrogens (primary N) is 1. The summed E-state index contributed by atoms with van der Waals surface area (Å²) in [5, 5.41) is 3.01. The van der Waals surface area contributed by atoms with Crippen LogP contribution in [0.1, 0.15) is 27.2 Å². The number of esters is 1. The van der Waals surface area contributed by atoms with Crippen molar-refractivity contribution in [2.75, 3.05) is 13.1 Å². The highest BCUT2D eigenvalue weighted by atomic mass is 16.6. The van der Waals surface area contributed by atoms with Crippen molar-refractivity contribution in [3.63, 3.8) is 0 Å². The first kappa shape index (κ1) is 11.4. The van der Waals surface area contributed by atoms with Gasteiger partial charge in [-0.3, -0.25) is 9.63 Å². The fourth-order valence-electron chi connectivity index (χ4n) is 1.29. The van der Waals surface area contributed by atoms with Gasteiger partial charge in [-0.1, -0.05) is 0 Å². The molecule has 0 aromatic carbocycles. The topological polar surface area (TPSA) is 73.6 Å².